The van der Waals surface area contributed by atoms with Crippen molar-refractivity contribution in [1.82, 2.24) is 4.90 Å². The van der Waals surface area contributed by atoms with Crippen LogP contribution < -0.4 is 4.90 Å². The van der Waals surface area contributed by atoms with Gasteiger partial charge in [0.1, 0.15) is 11.6 Å². The predicted octanol–water partition coefficient (Wildman–Crippen LogP) is 4.79. The number of benzene rings is 1. The Morgan fingerprint density at radius 2 is 1.91 bits per heavy atom. The van der Waals surface area contributed by atoms with E-state index >= 15 is 0 Å². The third kappa shape index (κ3) is 5.24. The molecule has 0 N–H and O–H groups in total. The number of carbonyl (C=O) groups excluding carboxylic acids is 1. The van der Waals surface area contributed by atoms with Gasteiger partial charge < -0.3 is 19.1 Å². The standard InChI is InChI=1S/C25H32ClN3O4S/c1-25(2)23(30)28(19-7-6-17(16-27)21(26)15-19)24(34)29(25)18-8-10-20(11-9-18)31-13-14-33-22-5-3-4-12-32-22/h6-7,15,18,20,22H,3-5,8-14H2,1-2H3. The van der Waals surface area contributed by atoms with E-state index in [1.54, 1.807) is 23.1 Å². The average Bonchev–Trinajstić information content (AvgIpc) is 3.01. The Bertz CT molecular complexity index is 952. The number of amides is 1. The van der Waals surface area contributed by atoms with Gasteiger partial charge in [-0.25, -0.2) is 0 Å². The number of ether oxygens (including phenoxy) is 3. The first-order valence-corrected chi connectivity index (χ1v) is 12.8. The maximum atomic E-state index is 13.4. The Kier molecular flexibility index (Phi) is 8.11. The first-order valence-electron chi connectivity index (χ1n) is 12.0. The molecule has 3 fully saturated rings. The summed E-state index contributed by atoms with van der Waals surface area (Å²) in [5.41, 5.74) is 0.201. The molecule has 0 radical (unpaired) electrons. The van der Waals surface area contributed by atoms with Crippen LogP contribution in [0, 0.1) is 11.3 Å². The molecule has 1 amide bonds. The first-order chi connectivity index (χ1) is 16.3. The van der Waals surface area contributed by atoms with E-state index in [2.05, 4.69) is 4.90 Å². The van der Waals surface area contributed by atoms with Crippen molar-refractivity contribution in [2.24, 2.45) is 0 Å². The highest BCUT2D eigenvalue weighted by molar-refractivity contribution is 7.80. The van der Waals surface area contributed by atoms with Gasteiger partial charge in [-0.05, 0) is 89.2 Å². The van der Waals surface area contributed by atoms with E-state index in [9.17, 15) is 4.79 Å². The molecule has 3 aliphatic rings. The molecule has 1 aromatic rings. The van der Waals surface area contributed by atoms with Crippen LogP contribution in [0.5, 0.6) is 0 Å². The molecule has 0 spiro atoms. The summed E-state index contributed by atoms with van der Waals surface area (Å²) in [6.07, 6.45) is 6.96. The Balaban J connectivity index is 1.32. The number of hydrogen-bond acceptors (Lipinski definition) is 6. The Hall–Kier alpha value is -1.76. The molecule has 9 heteroatoms. The summed E-state index contributed by atoms with van der Waals surface area (Å²) in [5.74, 6) is -0.0845. The summed E-state index contributed by atoms with van der Waals surface area (Å²) in [7, 11) is 0. The lowest BCUT2D eigenvalue weighted by atomic mass is 9.89. The van der Waals surface area contributed by atoms with Crippen LogP contribution in [0.1, 0.15) is 64.4 Å². The van der Waals surface area contributed by atoms with E-state index in [4.69, 9.17) is 43.3 Å². The van der Waals surface area contributed by atoms with Crippen LogP contribution in [0.2, 0.25) is 5.02 Å². The molecule has 0 bridgehead atoms. The number of anilines is 1. The van der Waals surface area contributed by atoms with Gasteiger partial charge >= 0.3 is 0 Å². The molecule has 34 heavy (non-hydrogen) atoms. The van der Waals surface area contributed by atoms with Gasteiger partial charge in [-0.3, -0.25) is 9.69 Å². The quantitative estimate of drug-likeness (QED) is 0.389. The lowest BCUT2D eigenvalue weighted by molar-refractivity contribution is -0.172. The van der Waals surface area contributed by atoms with Crippen molar-refractivity contribution in [2.45, 2.75) is 82.8 Å². The number of nitrogens with zero attached hydrogens (tertiary/aromatic N) is 3. The minimum absolute atomic E-state index is 0.0845. The molecule has 7 nitrogen and oxygen atoms in total. The van der Waals surface area contributed by atoms with E-state index in [0.717, 1.165) is 51.6 Å². The van der Waals surface area contributed by atoms with Crippen LogP contribution >= 0.6 is 23.8 Å². The van der Waals surface area contributed by atoms with Crippen LogP contribution in [0.25, 0.3) is 0 Å². The Morgan fingerprint density at radius 1 is 1.18 bits per heavy atom. The van der Waals surface area contributed by atoms with Crippen molar-refractivity contribution in [3.05, 3.63) is 28.8 Å². The van der Waals surface area contributed by atoms with Crippen LogP contribution in [-0.2, 0) is 19.0 Å². The molecule has 1 atom stereocenters. The minimum atomic E-state index is -0.760. The molecule has 1 unspecified atom stereocenters. The molecule has 1 aliphatic carbocycles. The highest BCUT2D eigenvalue weighted by Crippen LogP contribution is 2.39. The number of nitriles is 1. The fourth-order valence-corrected chi connectivity index (χ4v) is 5.87. The summed E-state index contributed by atoms with van der Waals surface area (Å²) >= 11 is 12.0. The average molecular weight is 506 g/mol. The van der Waals surface area contributed by atoms with Crippen LogP contribution in [0.4, 0.5) is 5.69 Å². The maximum absolute atomic E-state index is 13.4. The van der Waals surface area contributed by atoms with Gasteiger partial charge in [0.2, 0.25) is 0 Å². The normalized spacial score (nSPS) is 27.2. The van der Waals surface area contributed by atoms with Crippen molar-refractivity contribution in [3.63, 3.8) is 0 Å². The number of rotatable bonds is 7. The van der Waals surface area contributed by atoms with E-state index in [0.29, 0.717) is 34.6 Å². The van der Waals surface area contributed by atoms with Crippen molar-refractivity contribution < 1.29 is 19.0 Å². The van der Waals surface area contributed by atoms with Gasteiger partial charge in [-0.2, -0.15) is 5.26 Å². The molecule has 1 saturated carbocycles. The van der Waals surface area contributed by atoms with E-state index < -0.39 is 5.54 Å². The van der Waals surface area contributed by atoms with Crippen LogP contribution in [0.3, 0.4) is 0 Å². The lowest BCUT2D eigenvalue weighted by Crippen LogP contribution is -2.51. The van der Waals surface area contributed by atoms with E-state index in [-0.39, 0.29) is 24.3 Å². The van der Waals surface area contributed by atoms with Crippen LogP contribution in [-0.4, -0.2) is 59.7 Å². The maximum Gasteiger partial charge on any atom is 0.258 e. The van der Waals surface area contributed by atoms with Crippen LogP contribution in [0.15, 0.2) is 18.2 Å². The van der Waals surface area contributed by atoms with Gasteiger partial charge in [0.15, 0.2) is 11.4 Å². The van der Waals surface area contributed by atoms with Crippen molar-refractivity contribution in [3.8, 4) is 6.07 Å². The monoisotopic (exact) mass is 505 g/mol. The second-order valence-electron chi connectivity index (χ2n) is 9.60. The third-order valence-electron chi connectivity index (χ3n) is 6.94. The molecule has 2 aliphatic heterocycles. The van der Waals surface area contributed by atoms with Gasteiger partial charge in [-0.1, -0.05) is 11.6 Å². The highest BCUT2D eigenvalue weighted by Gasteiger charge is 2.52. The van der Waals surface area contributed by atoms with E-state index in [1.165, 1.54) is 0 Å². The van der Waals surface area contributed by atoms with Gasteiger partial charge in [0.25, 0.3) is 5.91 Å². The van der Waals surface area contributed by atoms with Crippen molar-refractivity contribution in [1.29, 1.82) is 5.26 Å². The van der Waals surface area contributed by atoms with Gasteiger partial charge in [-0.15, -0.1) is 0 Å². The third-order valence-corrected chi connectivity index (χ3v) is 7.64. The van der Waals surface area contributed by atoms with Gasteiger partial charge in [0.05, 0.1) is 35.6 Å². The SMILES string of the molecule is CC1(C)C(=O)N(c2ccc(C#N)c(Cl)c2)C(=S)N1C1CCC(OCCOC2CCCCO2)CC1. The zero-order chi connectivity index (χ0) is 24.3. The molecular formula is C25H32ClN3O4S. The predicted molar refractivity (Wildman–Crippen MR) is 134 cm³/mol. The summed E-state index contributed by atoms with van der Waals surface area (Å²) in [4.78, 5) is 17.0. The lowest BCUT2D eigenvalue weighted by Gasteiger charge is -2.40. The summed E-state index contributed by atoms with van der Waals surface area (Å²) < 4.78 is 17.4. The summed E-state index contributed by atoms with van der Waals surface area (Å²) in [6, 6.07) is 7.19. The molecule has 4 rings (SSSR count). The smallest absolute Gasteiger partial charge is 0.258 e. The number of hydrogen-bond donors (Lipinski definition) is 0. The highest BCUT2D eigenvalue weighted by atomic mass is 35.5. The first kappa shape index (κ1) is 25.3. The zero-order valence-electron chi connectivity index (χ0n) is 19.8. The number of thiocarbonyl (C=S) groups is 1. The number of carbonyl (C=O) groups is 1. The number of halogens is 1. The fraction of sp³-hybridized carbons (Fsp3) is 0.640. The summed E-state index contributed by atoms with van der Waals surface area (Å²) in [5, 5.41) is 9.95. The second-order valence-corrected chi connectivity index (χ2v) is 10.4. The Morgan fingerprint density at radius 3 is 2.56 bits per heavy atom. The van der Waals surface area contributed by atoms with Crippen molar-refractivity contribution >= 4 is 40.5 Å². The molecule has 2 saturated heterocycles. The molecule has 1 aromatic carbocycles. The minimum Gasteiger partial charge on any atom is -0.376 e. The second kappa shape index (κ2) is 10.9. The van der Waals surface area contributed by atoms with Gasteiger partial charge in [0, 0.05) is 12.6 Å². The molecule has 184 valence electrons. The van der Waals surface area contributed by atoms with Crippen molar-refractivity contribution in [2.75, 3.05) is 24.7 Å². The molecular weight excluding hydrogens is 474 g/mol. The largest absolute Gasteiger partial charge is 0.376 e. The topological polar surface area (TPSA) is 75.0 Å². The summed E-state index contributed by atoms with van der Waals surface area (Å²) in [6.45, 7) is 5.72. The molecule has 0 aromatic heterocycles. The van der Waals surface area contributed by atoms with E-state index in [1.807, 2.05) is 19.9 Å². The Labute approximate surface area is 211 Å². The fourth-order valence-electron chi connectivity index (χ4n) is 5.09. The molecule has 2 heterocycles. The zero-order valence-corrected chi connectivity index (χ0v) is 21.4.